The van der Waals surface area contributed by atoms with Crippen LogP contribution in [0.3, 0.4) is 0 Å². The van der Waals surface area contributed by atoms with Gasteiger partial charge in [-0.1, -0.05) is 5.21 Å². The lowest BCUT2D eigenvalue weighted by atomic mass is 9.97. The van der Waals surface area contributed by atoms with E-state index >= 15 is 0 Å². The van der Waals surface area contributed by atoms with Gasteiger partial charge < -0.3 is 18.9 Å². The number of hydrogen-bond acceptors (Lipinski definition) is 10. The molecule has 2 rings (SSSR count). The summed E-state index contributed by atoms with van der Waals surface area (Å²) < 4.78 is 21.2. The van der Waals surface area contributed by atoms with E-state index in [1.54, 1.807) is 0 Å². The summed E-state index contributed by atoms with van der Waals surface area (Å²) in [4.78, 5) is 33.8. The van der Waals surface area contributed by atoms with Crippen LogP contribution in [0.15, 0.2) is 0 Å². The molecule has 0 saturated carbocycles. The molecule has 24 heavy (non-hydrogen) atoms. The third-order valence-corrected chi connectivity index (χ3v) is 3.24. The summed E-state index contributed by atoms with van der Waals surface area (Å²) in [5.41, 5.74) is 0. The minimum absolute atomic E-state index is 0.160. The Hall–Kier alpha value is -2.56. The van der Waals surface area contributed by atoms with Gasteiger partial charge in [0.1, 0.15) is 24.9 Å². The summed E-state index contributed by atoms with van der Waals surface area (Å²) in [5, 5.41) is 13.4. The van der Waals surface area contributed by atoms with Crippen molar-refractivity contribution in [3.8, 4) is 0 Å². The number of aromatic nitrogens is 4. The first-order valence-corrected chi connectivity index (χ1v) is 7.23. The first kappa shape index (κ1) is 17.8. The number of nitrogens with one attached hydrogen (secondary N) is 1. The summed E-state index contributed by atoms with van der Waals surface area (Å²) in [7, 11) is 0. The third kappa shape index (κ3) is 4.72. The van der Waals surface area contributed by atoms with Crippen LogP contribution in [-0.4, -0.2) is 63.5 Å². The first-order valence-electron chi connectivity index (χ1n) is 7.23. The molecular weight excluding hydrogens is 324 g/mol. The number of H-pyrrole nitrogens is 1. The van der Waals surface area contributed by atoms with Crippen LogP contribution in [0.4, 0.5) is 0 Å². The highest BCUT2D eigenvalue weighted by atomic mass is 16.6. The standard InChI is InChI=1S/C13H18N4O7/c1-6(18)21-5-11-12(23-8(3)20)9(22-7(2)19)4-10(24-11)13-14-16-17-15-13/h9-12H,4-5H2,1-3H3,(H,14,15,16,17)/t9-,10-,11-,12-/m1/s1. The van der Waals surface area contributed by atoms with Crippen LogP contribution < -0.4 is 0 Å². The SMILES string of the molecule is CC(=O)OC[C@H]1O[C@@H](c2nn[nH]n2)C[C@@H](OC(C)=O)[C@H]1OC(C)=O. The van der Waals surface area contributed by atoms with Crippen LogP contribution in [0.2, 0.25) is 0 Å². The summed E-state index contributed by atoms with van der Waals surface area (Å²) >= 11 is 0. The molecule has 1 saturated heterocycles. The minimum Gasteiger partial charge on any atom is -0.463 e. The lowest BCUT2D eigenvalue weighted by molar-refractivity contribution is -0.217. The Morgan fingerprint density at radius 2 is 1.88 bits per heavy atom. The van der Waals surface area contributed by atoms with Crippen LogP contribution in [-0.2, 0) is 33.3 Å². The monoisotopic (exact) mass is 342 g/mol. The van der Waals surface area contributed by atoms with Crippen molar-refractivity contribution >= 4 is 17.9 Å². The molecule has 0 amide bonds. The molecule has 2 heterocycles. The Labute approximate surface area is 137 Å². The van der Waals surface area contributed by atoms with E-state index in [9.17, 15) is 14.4 Å². The molecule has 1 aromatic heterocycles. The maximum absolute atomic E-state index is 11.4. The zero-order chi connectivity index (χ0) is 17.7. The Bertz CT molecular complexity index is 591. The van der Waals surface area contributed by atoms with Crippen molar-refractivity contribution in [2.45, 2.75) is 51.6 Å². The predicted molar refractivity (Wildman–Crippen MR) is 74.1 cm³/mol. The number of hydrogen-bond donors (Lipinski definition) is 1. The van der Waals surface area contributed by atoms with Crippen molar-refractivity contribution in [3.63, 3.8) is 0 Å². The van der Waals surface area contributed by atoms with E-state index in [0.717, 1.165) is 0 Å². The van der Waals surface area contributed by atoms with E-state index in [1.807, 2.05) is 0 Å². The van der Waals surface area contributed by atoms with E-state index in [1.165, 1.54) is 20.8 Å². The molecule has 4 atom stereocenters. The third-order valence-electron chi connectivity index (χ3n) is 3.24. The number of rotatable bonds is 5. The van der Waals surface area contributed by atoms with Crippen LogP contribution in [0.25, 0.3) is 0 Å². The lowest BCUT2D eigenvalue weighted by Crippen LogP contribution is -2.51. The Morgan fingerprint density at radius 3 is 2.42 bits per heavy atom. The maximum Gasteiger partial charge on any atom is 0.303 e. The zero-order valence-corrected chi connectivity index (χ0v) is 13.4. The number of nitrogens with zero attached hydrogens (tertiary/aromatic N) is 3. The van der Waals surface area contributed by atoms with Crippen molar-refractivity contribution in [2.24, 2.45) is 0 Å². The van der Waals surface area contributed by atoms with Crippen molar-refractivity contribution in [1.82, 2.24) is 20.6 Å². The van der Waals surface area contributed by atoms with E-state index < -0.39 is 42.3 Å². The molecule has 0 aliphatic carbocycles. The topological polar surface area (TPSA) is 143 Å². The van der Waals surface area contributed by atoms with Gasteiger partial charge in [0.15, 0.2) is 6.10 Å². The molecule has 1 aromatic rings. The average molecular weight is 342 g/mol. The van der Waals surface area contributed by atoms with Crippen molar-refractivity contribution in [1.29, 1.82) is 0 Å². The Kier molecular flexibility index (Phi) is 5.79. The molecule has 132 valence electrons. The van der Waals surface area contributed by atoms with Gasteiger partial charge in [0.25, 0.3) is 0 Å². The summed E-state index contributed by atoms with van der Waals surface area (Å²) in [6, 6.07) is 0. The number of aromatic amines is 1. The van der Waals surface area contributed by atoms with Crippen molar-refractivity contribution in [2.75, 3.05) is 6.61 Å². The molecule has 1 N–H and O–H groups in total. The summed E-state index contributed by atoms with van der Waals surface area (Å²) in [6.45, 7) is 3.52. The molecule has 0 unspecified atom stereocenters. The second-order valence-electron chi connectivity index (χ2n) is 5.19. The fourth-order valence-corrected chi connectivity index (χ4v) is 2.41. The van der Waals surface area contributed by atoms with Gasteiger partial charge in [0.2, 0.25) is 5.82 Å². The van der Waals surface area contributed by atoms with Crippen LogP contribution in [0.1, 0.15) is 39.1 Å². The number of ether oxygens (including phenoxy) is 4. The Balaban J connectivity index is 2.23. The van der Waals surface area contributed by atoms with Gasteiger partial charge in [0, 0.05) is 27.2 Å². The van der Waals surface area contributed by atoms with E-state index in [0.29, 0.717) is 0 Å². The molecule has 11 heteroatoms. The highest BCUT2D eigenvalue weighted by Crippen LogP contribution is 2.33. The second-order valence-corrected chi connectivity index (χ2v) is 5.19. The maximum atomic E-state index is 11.4. The molecular formula is C13H18N4O7. The number of carbonyl (C=O) groups excluding carboxylic acids is 3. The second kappa shape index (κ2) is 7.81. The highest BCUT2D eigenvalue weighted by Gasteiger charge is 2.45. The normalized spacial score (nSPS) is 26.5. The molecule has 0 radical (unpaired) electrons. The van der Waals surface area contributed by atoms with Crippen LogP contribution >= 0.6 is 0 Å². The van der Waals surface area contributed by atoms with Gasteiger partial charge in [-0.3, -0.25) is 14.4 Å². The largest absolute Gasteiger partial charge is 0.463 e. The number of esters is 3. The van der Waals surface area contributed by atoms with E-state index in [2.05, 4.69) is 20.6 Å². The summed E-state index contributed by atoms with van der Waals surface area (Å²) in [5.74, 6) is -1.39. The zero-order valence-electron chi connectivity index (χ0n) is 13.4. The highest BCUT2D eigenvalue weighted by molar-refractivity contribution is 5.67. The fraction of sp³-hybridized carbons (Fsp3) is 0.692. The van der Waals surface area contributed by atoms with Crippen LogP contribution in [0.5, 0.6) is 0 Å². The first-order chi connectivity index (χ1) is 11.4. The molecule has 0 bridgehead atoms. The van der Waals surface area contributed by atoms with Crippen molar-refractivity contribution < 1.29 is 33.3 Å². The Morgan fingerprint density at radius 1 is 1.17 bits per heavy atom. The quantitative estimate of drug-likeness (QED) is 0.547. The smallest absolute Gasteiger partial charge is 0.303 e. The van der Waals surface area contributed by atoms with Gasteiger partial charge in [0.05, 0.1) is 0 Å². The van der Waals surface area contributed by atoms with Crippen LogP contribution in [0, 0.1) is 0 Å². The van der Waals surface area contributed by atoms with E-state index in [-0.39, 0.29) is 18.9 Å². The van der Waals surface area contributed by atoms with Gasteiger partial charge in [-0.25, -0.2) is 0 Å². The molecule has 11 nitrogen and oxygen atoms in total. The molecule has 1 aliphatic rings. The van der Waals surface area contributed by atoms with Gasteiger partial charge in [-0.05, 0) is 0 Å². The fourth-order valence-electron chi connectivity index (χ4n) is 2.41. The minimum atomic E-state index is -0.922. The molecule has 0 aromatic carbocycles. The predicted octanol–water partition coefficient (Wildman–Crippen LogP) is -0.544. The van der Waals surface area contributed by atoms with E-state index in [4.69, 9.17) is 18.9 Å². The average Bonchev–Trinajstić information content (AvgIpc) is 3.00. The molecule has 1 fully saturated rings. The van der Waals surface area contributed by atoms with Gasteiger partial charge >= 0.3 is 17.9 Å². The lowest BCUT2D eigenvalue weighted by Gasteiger charge is -2.39. The van der Waals surface area contributed by atoms with Gasteiger partial charge in [-0.15, -0.1) is 10.2 Å². The van der Waals surface area contributed by atoms with Gasteiger partial charge in [-0.2, -0.15) is 5.21 Å². The number of tetrazole rings is 1. The molecule has 0 spiro atoms. The number of carbonyl (C=O) groups is 3. The van der Waals surface area contributed by atoms with Crippen molar-refractivity contribution in [3.05, 3.63) is 5.82 Å². The molecule has 1 aliphatic heterocycles. The summed E-state index contributed by atoms with van der Waals surface area (Å²) in [6.07, 6.45) is -3.08.